The van der Waals surface area contributed by atoms with Crippen LogP contribution in [0.4, 0.5) is 5.69 Å². The SMILES string of the molecule is O=C(CNc1cccc(Cl)c1Br)N1CCCCC1. The minimum Gasteiger partial charge on any atom is -0.375 e. The number of hydrogen-bond donors (Lipinski definition) is 1. The molecule has 1 aromatic rings. The highest BCUT2D eigenvalue weighted by Crippen LogP contribution is 2.29. The number of rotatable bonds is 3. The quantitative estimate of drug-likeness (QED) is 0.919. The smallest absolute Gasteiger partial charge is 0.241 e. The van der Waals surface area contributed by atoms with Crippen molar-refractivity contribution in [1.29, 1.82) is 0 Å². The lowest BCUT2D eigenvalue weighted by molar-refractivity contribution is -0.130. The molecule has 1 saturated heterocycles. The molecule has 0 saturated carbocycles. The van der Waals surface area contributed by atoms with Crippen LogP contribution in [0.3, 0.4) is 0 Å². The molecule has 1 aliphatic heterocycles. The normalized spacial score (nSPS) is 15.6. The van der Waals surface area contributed by atoms with Gasteiger partial charge >= 0.3 is 0 Å². The summed E-state index contributed by atoms with van der Waals surface area (Å²) in [5.74, 6) is 0.154. The average molecular weight is 332 g/mol. The summed E-state index contributed by atoms with van der Waals surface area (Å²) in [7, 11) is 0. The van der Waals surface area contributed by atoms with Crippen molar-refractivity contribution in [2.24, 2.45) is 0 Å². The molecule has 18 heavy (non-hydrogen) atoms. The van der Waals surface area contributed by atoms with E-state index in [4.69, 9.17) is 11.6 Å². The Kier molecular flexibility index (Phi) is 4.89. The Hall–Kier alpha value is -0.740. The van der Waals surface area contributed by atoms with Crippen LogP contribution in [0.25, 0.3) is 0 Å². The third-order valence-electron chi connectivity index (χ3n) is 3.09. The molecular weight excluding hydrogens is 316 g/mol. The second-order valence-corrected chi connectivity index (χ2v) is 5.60. The summed E-state index contributed by atoms with van der Waals surface area (Å²) in [6.07, 6.45) is 3.47. The number of nitrogens with zero attached hydrogens (tertiary/aromatic N) is 1. The Morgan fingerprint density at radius 1 is 1.33 bits per heavy atom. The zero-order valence-corrected chi connectivity index (χ0v) is 12.4. The van der Waals surface area contributed by atoms with E-state index in [0.717, 1.165) is 36.1 Å². The lowest BCUT2D eigenvalue weighted by Crippen LogP contribution is -2.39. The zero-order valence-electron chi connectivity index (χ0n) is 10.1. The highest BCUT2D eigenvalue weighted by Gasteiger charge is 2.16. The number of hydrogen-bond acceptors (Lipinski definition) is 2. The minimum absolute atomic E-state index is 0.154. The highest BCUT2D eigenvalue weighted by molar-refractivity contribution is 9.10. The largest absolute Gasteiger partial charge is 0.375 e. The molecule has 0 unspecified atom stereocenters. The molecule has 1 heterocycles. The van der Waals surface area contributed by atoms with E-state index in [1.807, 2.05) is 23.1 Å². The van der Waals surface area contributed by atoms with E-state index in [0.29, 0.717) is 11.6 Å². The van der Waals surface area contributed by atoms with Crippen molar-refractivity contribution in [2.75, 3.05) is 25.0 Å². The van der Waals surface area contributed by atoms with Gasteiger partial charge in [-0.15, -0.1) is 0 Å². The van der Waals surface area contributed by atoms with Gasteiger partial charge in [-0.3, -0.25) is 4.79 Å². The molecule has 1 amide bonds. The Morgan fingerprint density at radius 3 is 2.78 bits per heavy atom. The van der Waals surface area contributed by atoms with Crippen molar-refractivity contribution in [3.63, 3.8) is 0 Å². The van der Waals surface area contributed by atoms with Crippen molar-refractivity contribution < 1.29 is 4.79 Å². The summed E-state index contributed by atoms with van der Waals surface area (Å²) >= 11 is 9.40. The van der Waals surface area contributed by atoms with Crippen LogP contribution in [0.2, 0.25) is 5.02 Å². The molecule has 0 aromatic heterocycles. The fourth-order valence-corrected chi connectivity index (χ4v) is 2.65. The Balaban J connectivity index is 1.90. The summed E-state index contributed by atoms with van der Waals surface area (Å²) in [4.78, 5) is 13.9. The van der Waals surface area contributed by atoms with Gasteiger partial charge in [0, 0.05) is 13.1 Å². The predicted octanol–water partition coefficient (Wildman–Crippen LogP) is 3.53. The van der Waals surface area contributed by atoms with Gasteiger partial charge in [-0.1, -0.05) is 17.7 Å². The van der Waals surface area contributed by atoms with Crippen LogP contribution < -0.4 is 5.32 Å². The van der Waals surface area contributed by atoms with E-state index in [1.165, 1.54) is 6.42 Å². The van der Waals surface area contributed by atoms with Gasteiger partial charge in [0.2, 0.25) is 5.91 Å². The summed E-state index contributed by atoms with van der Waals surface area (Å²) in [5.41, 5.74) is 0.854. The molecule has 0 radical (unpaired) electrons. The van der Waals surface area contributed by atoms with Gasteiger partial charge < -0.3 is 10.2 Å². The maximum atomic E-state index is 12.0. The van der Waals surface area contributed by atoms with Crippen molar-refractivity contribution in [3.8, 4) is 0 Å². The first-order chi connectivity index (χ1) is 8.68. The Bertz CT molecular complexity index is 433. The van der Waals surface area contributed by atoms with Crippen molar-refractivity contribution in [1.82, 2.24) is 4.90 Å². The maximum Gasteiger partial charge on any atom is 0.241 e. The van der Waals surface area contributed by atoms with Crippen LogP contribution in [0.15, 0.2) is 22.7 Å². The standard InChI is InChI=1S/C13H16BrClN2O/c14-13-10(15)5-4-6-11(13)16-9-12(18)17-7-2-1-3-8-17/h4-6,16H,1-3,7-9H2. The first kappa shape index (κ1) is 13.7. The Morgan fingerprint density at radius 2 is 2.06 bits per heavy atom. The number of likely N-dealkylation sites (tertiary alicyclic amines) is 1. The van der Waals surface area contributed by atoms with Crippen molar-refractivity contribution in [3.05, 3.63) is 27.7 Å². The zero-order chi connectivity index (χ0) is 13.0. The number of halogens is 2. The minimum atomic E-state index is 0.154. The predicted molar refractivity (Wildman–Crippen MR) is 78.1 cm³/mol. The van der Waals surface area contributed by atoms with Crippen molar-refractivity contribution >= 4 is 39.1 Å². The molecule has 2 rings (SSSR count). The molecule has 3 nitrogen and oxygen atoms in total. The molecule has 0 bridgehead atoms. The molecule has 1 fully saturated rings. The van der Waals surface area contributed by atoms with Crippen LogP contribution in [-0.4, -0.2) is 30.4 Å². The summed E-state index contributed by atoms with van der Waals surface area (Å²) in [6.45, 7) is 2.09. The summed E-state index contributed by atoms with van der Waals surface area (Å²) < 4.78 is 0.804. The number of amides is 1. The van der Waals surface area contributed by atoms with Gasteiger partial charge in [0.15, 0.2) is 0 Å². The molecule has 1 aliphatic rings. The van der Waals surface area contributed by atoms with Gasteiger partial charge in [-0.05, 0) is 47.3 Å². The lowest BCUT2D eigenvalue weighted by atomic mass is 10.1. The van der Waals surface area contributed by atoms with Crippen LogP contribution in [0.5, 0.6) is 0 Å². The number of nitrogens with one attached hydrogen (secondary N) is 1. The molecule has 98 valence electrons. The number of benzene rings is 1. The van der Waals surface area contributed by atoms with Crippen LogP contribution in [0, 0.1) is 0 Å². The second kappa shape index (κ2) is 6.43. The fraction of sp³-hybridized carbons (Fsp3) is 0.462. The average Bonchev–Trinajstić information content (AvgIpc) is 2.41. The third kappa shape index (κ3) is 3.39. The van der Waals surface area contributed by atoms with Gasteiger partial charge in [-0.25, -0.2) is 0 Å². The van der Waals surface area contributed by atoms with E-state index in [2.05, 4.69) is 21.2 Å². The van der Waals surface area contributed by atoms with E-state index >= 15 is 0 Å². The Labute approximate surface area is 121 Å². The third-order valence-corrected chi connectivity index (χ3v) is 4.49. The highest BCUT2D eigenvalue weighted by atomic mass is 79.9. The van der Waals surface area contributed by atoms with Crippen LogP contribution >= 0.6 is 27.5 Å². The molecular formula is C13H16BrClN2O. The topological polar surface area (TPSA) is 32.3 Å². The maximum absolute atomic E-state index is 12.0. The fourth-order valence-electron chi connectivity index (χ4n) is 2.07. The van der Waals surface area contributed by atoms with Gasteiger partial charge in [-0.2, -0.15) is 0 Å². The lowest BCUT2D eigenvalue weighted by Gasteiger charge is -2.27. The molecule has 0 spiro atoms. The number of piperidine rings is 1. The summed E-state index contributed by atoms with van der Waals surface area (Å²) in [6, 6.07) is 5.57. The van der Waals surface area contributed by atoms with Gasteiger partial charge in [0.05, 0.1) is 21.7 Å². The second-order valence-electron chi connectivity index (χ2n) is 4.40. The first-order valence-corrected chi connectivity index (χ1v) is 7.31. The van der Waals surface area contributed by atoms with Crippen LogP contribution in [0.1, 0.15) is 19.3 Å². The van der Waals surface area contributed by atoms with Gasteiger partial charge in [0.1, 0.15) is 0 Å². The number of carbonyl (C=O) groups is 1. The van der Waals surface area contributed by atoms with E-state index in [1.54, 1.807) is 0 Å². The monoisotopic (exact) mass is 330 g/mol. The van der Waals surface area contributed by atoms with E-state index in [9.17, 15) is 4.79 Å². The molecule has 1 aromatic carbocycles. The first-order valence-electron chi connectivity index (χ1n) is 6.14. The summed E-state index contributed by atoms with van der Waals surface area (Å²) in [5, 5.41) is 3.77. The van der Waals surface area contributed by atoms with Crippen LogP contribution in [-0.2, 0) is 4.79 Å². The van der Waals surface area contributed by atoms with Gasteiger partial charge in [0.25, 0.3) is 0 Å². The number of carbonyl (C=O) groups excluding carboxylic acids is 1. The van der Waals surface area contributed by atoms with E-state index in [-0.39, 0.29) is 5.91 Å². The molecule has 0 aliphatic carbocycles. The molecule has 1 N–H and O–H groups in total. The molecule has 0 atom stereocenters. The number of anilines is 1. The van der Waals surface area contributed by atoms with Crippen molar-refractivity contribution in [2.45, 2.75) is 19.3 Å². The van der Waals surface area contributed by atoms with E-state index < -0.39 is 0 Å². The molecule has 5 heteroatoms.